The predicted octanol–water partition coefficient (Wildman–Crippen LogP) is 3.91. The molecule has 0 aliphatic carbocycles. The molecular formula is C20H17N5O2S. The fourth-order valence-corrected chi connectivity index (χ4v) is 3.69. The van der Waals surface area contributed by atoms with Crippen molar-refractivity contribution in [1.29, 1.82) is 0 Å². The third-order valence-electron chi connectivity index (χ3n) is 4.17. The molecule has 3 N–H and O–H groups in total. The van der Waals surface area contributed by atoms with Crippen LogP contribution in [0.15, 0.2) is 60.0 Å². The van der Waals surface area contributed by atoms with Gasteiger partial charge in [0.1, 0.15) is 17.1 Å². The topological polar surface area (TPSA) is 104 Å². The van der Waals surface area contributed by atoms with E-state index in [0.29, 0.717) is 17.1 Å². The predicted molar refractivity (Wildman–Crippen MR) is 108 cm³/mol. The summed E-state index contributed by atoms with van der Waals surface area (Å²) in [4.78, 5) is 20.9. The monoisotopic (exact) mass is 391 g/mol. The quantitative estimate of drug-likeness (QED) is 0.352. The Hall–Kier alpha value is -3.39. The van der Waals surface area contributed by atoms with E-state index in [-0.39, 0.29) is 17.2 Å². The van der Waals surface area contributed by atoms with Crippen LogP contribution in [-0.2, 0) is 5.75 Å². The van der Waals surface area contributed by atoms with Gasteiger partial charge in [-0.2, -0.15) is 5.10 Å². The maximum absolute atomic E-state index is 12.5. The van der Waals surface area contributed by atoms with Gasteiger partial charge in [0.05, 0.1) is 17.1 Å². The van der Waals surface area contributed by atoms with Crippen LogP contribution >= 0.6 is 11.8 Å². The Bertz CT molecular complexity index is 1160. The lowest BCUT2D eigenvalue weighted by molar-refractivity contribution is 0.102. The lowest BCUT2D eigenvalue weighted by Crippen LogP contribution is -2.12. The van der Waals surface area contributed by atoms with E-state index in [0.717, 1.165) is 21.5 Å². The summed E-state index contributed by atoms with van der Waals surface area (Å²) in [7, 11) is 0. The highest BCUT2D eigenvalue weighted by Crippen LogP contribution is 2.27. The summed E-state index contributed by atoms with van der Waals surface area (Å²) in [6.07, 6.45) is 3.22. The van der Waals surface area contributed by atoms with E-state index in [1.807, 2.05) is 31.2 Å². The molecule has 0 unspecified atom stereocenters. The van der Waals surface area contributed by atoms with Gasteiger partial charge in [-0.25, -0.2) is 9.97 Å². The average Bonchev–Trinajstić information content (AvgIpc) is 3.16. The molecule has 28 heavy (non-hydrogen) atoms. The van der Waals surface area contributed by atoms with Crippen LogP contribution in [0.25, 0.3) is 11.0 Å². The Kier molecular flexibility index (Phi) is 4.94. The third-order valence-corrected chi connectivity index (χ3v) is 5.25. The van der Waals surface area contributed by atoms with Gasteiger partial charge in [0.25, 0.3) is 5.91 Å². The van der Waals surface area contributed by atoms with Gasteiger partial charge in [0.2, 0.25) is 0 Å². The highest BCUT2D eigenvalue weighted by molar-refractivity contribution is 7.98. The van der Waals surface area contributed by atoms with Crippen LogP contribution in [-0.4, -0.2) is 31.2 Å². The lowest BCUT2D eigenvalue weighted by Gasteiger charge is -2.09. The van der Waals surface area contributed by atoms with Crippen molar-refractivity contribution >= 4 is 34.4 Å². The van der Waals surface area contributed by atoms with E-state index in [1.165, 1.54) is 6.33 Å². The molecule has 0 aliphatic rings. The molecule has 4 rings (SSSR count). The Labute approximate surface area is 165 Å². The molecule has 2 aromatic heterocycles. The molecule has 0 spiro atoms. The fraction of sp³-hybridized carbons (Fsp3) is 0.100. The first-order valence-corrected chi connectivity index (χ1v) is 9.55. The molecule has 0 radical (unpaired) electrons. The van der Waals surface area contributed by atoms with Gasteiger partial charge in [-0.15, -0.1) is 11.8 Å². The number of thioether (sulfide) groups is 1. The number of phenols is 1. The Morgan fingerprint density at radius 2 is 2.11 bits per heavy atom. The largest absolute Gasteiger partial charge is 0.507 e. The first-order chi connectivity index (χ1) is 13.6. The minimum absolute atomic E-state index is 0.0305. The van der Waals surface area contributed by atoms with Crippen molar-refractivity contribution < 1.29 is 9.90 Å². The van der Waals surface area contributed by atoms with E-state index >= 15 is 0 Å². The second-order valence-electron chi connectivity index (χ2n) is 6.27. The maximum atomic E-state index is 12.5. The minimum atomic E-state index is -0.349. The van der Waals surface area contributed by atoms with Crippen molar-refractivity contribution in [2.45, 2.75) is 17.7 Å². The van der Waals surface area contributed by atoms with E-state index < -0.39 is 0 Å². The van der Waals surface area contributed by atoms with E-state index in [9.17, 15) is 9.90 Å². The van der Waals surface area contributed by atoms with Gasteiger partial charge in [0, 0.05) is 11.4 Å². The summed E-state index contributed by atoms with van der Waals surface area (Å²) >= 11 is 1.57. The summed E-state index contributed by atoms with van der Waals surface area (Å²) in [5.74, 6) is 0.298. The number of rotatable bonds is 5. The second kappa shape index (κ2) is 7.69. The van der Waals surface area contributed by atoms with Crippen molar-refractivity contribution in [3.8, 4) is 5.75 Å². The zero-order valence-corrected chi connectivity index (χ0v) is 15.8. The van der Waals surface area contributed by atoms with Crippen LogP contribution in [0.5, 0.6) is 5.75 Å². The molecule has 0 aliphatic heterocycles. The molecule has 8 heteroatoms. The number of phenolic OH excluding ortho intramolecular Hbond substituents is 1. The molecule has 0 saturated carbocycles. The number of H-pyrrole nitrogens is 1. The van der Waals surface area contributed by atoms with Crippen LogP contribution in [0.4, 0.5) is 5.69 Å². The van der Waals surface area contributed by atoms with Crippen molar-refractivity contribution in [1.82, 2.24) is 20.2 Å². The number of anilines is 1. The van der Waals surface area contributed by atoms with Gasteiger partial charge in [-0.3, -0.25) is 9.89 Å². The number of nitrogens with zero attached hydrogens (tertiary/aromatic N) is 3. The van der Waals surface area contributed by atoms with Crippen LogP contribution in [0.2, 0.25) is 0 Å². The average molecular weight is 391 g/mol. The number of fused-ring (bicyclic) bond motifs is 1. The van der Waals surface area contributed by atoms with Gasteiger partial charge in [0.15, 0.2) is 5.65 Å². The molecule has 1 amide bonds. The first-order valence-electron chi connectivity index (χ1n) is 8.57. The summed E-state index contributed by atoms with van der Waals surface area (Å²) in [6, 6.07) is 12.6. The highest BCUT2D eigenvalue weighted by Gasteiger charge is 2.12. The Morgan fingerprint density at radius 3 is 2.96 bits per heavy atom. The van der Waals surface area contributed by atoms with Crippen molar-refractivity contribution in [2.75, 3.05) is 5.32 Å². The number of carbonyl (C=O) groups is 1. The zero-order valence-electron chi connectivity index (χ0n) is 15.0. The number of amides is 1. The number of aromatic amines is 1. The summed E-state index contributed by atoms with van der Waals surface area (Å²) in [5.41, 5.74) is 3.54. The third kappa shape index (κ3) is 3.81. The van der Waals surface area contributed by atoms with Gasteiger partial charge in [-0.05, 0) is 42.3 Å². The van der Waals surface area contributed by atoms with Crippen LogP contribution in [0, 0.1) is 6.92 Å². The SMILES string of the molecule is Cc1ccc(C(=O)Nc2cccc(CSc3ncnc4[nH]ncc34)c2)c(O)c1. The number of aromatic nitrogens is 4. The zero-order chi connectivity index (χ0) is 19.5. The van der Waals surface area contributed by atoms with E-state index in [1.54, 1.807) is 36.2 Å². The van der Waals surface area contributed by atoms with Crippen LogP contribution in [0.1, 0.15) is 21.5 Å². The maximum Gasteiger partial charge on any atom is 0.259 e. The molecule has 0 saturated heterocycles. The first kappa shape index (κ1) is 18.0. The fourth-order valence-electron chi connectivity index (χ4n) is 2.78. The van der Waals surface area contributed by atoms with Crippen molar-refractivity contribution in [3.05, 3.63) is 71.7 Å². The summed E-state index contributed by atoms with van der Waals surface area (Å²) < 4.78 is 0. The van der Waals surface area contributed by atoms with Crippen molar-refractivity contribution in [3.63, 3.8) is 0 Å². The van der Waals surface area contributed by atoms with Crippen molar-refractivity contribution in [2.24, 2.45) is 0 Å². The van der Waals surface area contributed by atoms with Crippen LogP contribution in [0.3, 0.4) is 0 Å². The molecule has 2 heterocycles. The molecule has 2 aromatic carbocycles. The van der Waals surface area contributed by atoms with E-state index in [4.69, 9.17) is 0 Å². The summed E-state index contributed by atoms with van der Waals surface area (Å²) in [6.45, 7) is 1.86. The molecular weight excluding hydrogens is 374 g/mol. The molecule has 4 aromatic rings. The number of nitrogens with one attached hydrogen (secondary N) is 2. The molecule has 0 fully saturated rings. The van der Waals surface area contributed by atoms with Gasteiger partial charge >= 0.3 is 0 Å². The molecule has 7 nitrogen and oxygen atoms in total. The number of aromatic hydroxyl groups is 1. The minimum Gasteiger partial charge on any atom is -0.507 e. The smallest absolute Gasteiger partial charge is 0.259 e. The molecule has 0 bridgehead atoms. The number of hydrogen-bond acceptors (Lipinski definition) is 6. The van der Waals surface area contributed by atoms with Crippen LogP contribution < -0.4 is 5.32 Å². The standard InChI is InChI=1S/C20H17N5O2S/c1-12-5-6-15(17(26)7-12)19(27)24-14-4-2-3-13(8-14)10-28-20-16-9-23-25-18(16)21-11-22-20/h2-9,11,26H,10H2,1H3,(H,24,27)(H,21,22,23,25). The number of hydrogen-bond donors (Lipinski definition) is 3. The number of aryl methyl sites for hydroxylation is 1. The summed E-state index contributed by atoms with van der Waals surface area (Å²) in [5, 5.41) is 21.4. The lowest BCUT2D eigenvalue weighted by atomic mass is 10.1. The van der Waals surface area contributed by atoms with Gasteiger partial charge in [-0.1, -0.05) is 18.2 Å². The molecule has 0 atom stereocenters. The molecule has 140 valence electrons. The second-order valence-corrected chi connectivity index (χ2v) is 7.24. The Balaban J connectivity index is 1.47. The number of benzene rings is 2. The highest BCUT2D eigenvalue weighted by atomic mass is 32.2. The number of carbonyl (C=O) groups excluding carboxylic acids is 1. The Morgan fingerprint density at radius 1 is 1.21 bits per heavy atom. The van der Waals surface area contributed by atoms with E-state index in [2.05, 4.69) is 25.5 Å². The normalized spacial score (nSPS) is 10.9. The van der Waals surface area contributed by atoms with Gasteiger partial charge < -0.3 is 10.4 Å².